The number of methoxy groups -OCH3 is 1. The minimum absolute atomic E-state index is 0.0414. The van der Waals surface area contributed by atoms with Crippen molar-refractivity contribution < 1.29 is 19.4 Å². The Morgan fingerprint density at radius 3 is 2.83 bits per heavy atom. The van der Waals surface area contributed by atoms with Gasteiger partial charge in [0.1, 0.15) is 11.6 Å². The zero-order valence-corrected chi connectivity index (χ0v) is 20.3. The molecule has 12 nitrogen and oxygen atoms in total. The molecule has 0 bridgehead atoms. The maximum absolute atomic E-state index is 13.2. The number of carbonyl (C=O) groups excluding carboxylic acids is 1. The summed E-state index contributed by atoms with van der Waals surface area (Å²) in [5.41, 5.74) is 2.98. The lowest BCUT2D eigenvalue weighted by molar-refractivity contribution is -0.122. The maximum Gasteiger partial charge on any atom is 0.328 e. The van der Waals surface area contributed by atoms with Gasteiger partial charge >= 0.3 is 6.03 Å². The first-order valence-corrected chi connectivity index (χ1v) is 11.3. The van der Waals surface area contributed by atoms with Crippen LogP contribution in [0.4, 0.5) is 22.1 Å². The van der Waals surface area contributed by atoms with E-state index in [1.165, 1.54) is 0 Å². The zero-order valence-electron chi connectivity index (χ0n) is 20.3. The van der Waals surface area contributed by atoms with Crippen molar-refractivity contribution in [1.29, 1.82) is 0 Å². The van der Waals surface area contributed by atoms with Crippen LogP contribution in [-0.4, -0.2) is 76.2 Å². The number of piperazine rings is 1. The van der Waals surface area contributed by atoms with E-state index in [4.69, 9.17) is 14.6 Å². The summed E-state index contributed by atoms with van der Waals surface area (Å²) in [7, 11) is 3.38. The number of nitrogens with zero attached hydrogens (tertiary/aromatic N) is 6. The van der Waals surface area contributed by atoms with Crippen molar-refractivity contribution in [3.05, 3.63) is 30.1 Å². The molecule has 5 rings (SSSR count). The van der Waals surface area contributed by atoms with Crippen LogP contribution in [0.3, 0.4) is 0 Å². The Kier molecular flexibility index (Phi) is 6.74. The van der Waals surface area contributed by atoms with E-state index in [0.717, 1.165) is 42.7 Å². The van der Waals surface area contributed by atoms with Gasteiger partial charge in [-0.2, -0.15) is 10.1 Å². The lowest BCUT2D eigenvalue weighted by Gasteiger charge is -2.41. The van der Waals surface area contributed by atoms with Crippen LogP contribution in [-0.2, 0) is 18.3 Å². The lowest BCUT2D eigenvalue weighted by atomic mass is 10.0. The van der Waals surface area contributed by atoms with E-state index >= 15 is 0 Å². The smallest absolute Gasteiger partial charge is 0.328 e. The number of pyridine rings is 2. The highest BCUT2D eigenvalue weighted by molar-refractivity contribution is 6.03. The third-order valence-corrected chi connectivity index (χ3v) is 6.01. The predicted octanol–water partition coefficient (Wildman–Crippen LogP) is 1.86. The highest BCUT2D eigenvalue weighted by atomic mass is 16.5. The molecule has 1 fully saturated rings. The quantitative estimate of drug-likeness (QED) is 0.478. The second-order valence-electron chi connectivity index (χ2n) is 9.06. The van der Waals surface area contributed by atoms with Crippen molar-refractivity contribution >= 4 is 40.7 Å². The molecule has 0 radical (unpaired) electrons. The highest BCUT2D eigenvalue weighted by Gasteiger charge is 2.32. The van der Waals surface area contributed by atoms with Gasteiger partial charge in [0.2, 0.25) is 5.88 Å². The van der Waals surface area contributed by atoms with Gasteiger partial charge in [-0.05, 0) is 32.4 Å². The molecule has 35 heavy (non-hydrogen) atoms. The number of nitrogens with one attached hydrogen (secondary N) is 2. The lowest BCUT2D eigenvalue weighted by Crippen LogP contribution is -2.57. The molecule has 2 aliphatic rings. The summed E-state index contributed by atoms with van der Waals surface area (Å²) in [6.45, 7) is 7.51. The molecule has 5 heterocycles. The molecule has 2 amide bonds. The fraction of sp³-hybridized carbons (Fsp3) is 0.435. The average Bonchev–Trinajstić information content (AvgIpc) is 3.41. The fourth-order valence-electron chi connectivity index (χ4n) is 4.62. The van der Waals surface area contributed by atoms with Gasteiger partial charge in [-0.25, -0.2) is 9.78 Å². The summed E-state index contributed by atoms with van der Waals surface area (Å²) in [5.74, 6) is 1.51. The number of carboxylic acid groups (broad SMARTS) is 1. The number of fused-ring (bicyclic) bond motifs is 2. The first-order valence-electron chi connectivity index (χ1n) is 11.3. The molecule has 3 N–H and O–H groups in total. The summed E-state index contributed by atoms with van der Waals surface area (Å²) in [4.78, 5) is 34.6. The Morgan fingerprint density at radius 1 is 1.34 bits per heavy atom. The van der Waals surface area contributed by atoms with E-state index in [9.17, 15) is 4.79 Å². The Balaban J connectivity index is 0.000000917. The largest absolute Gasteiger partial charge is 0.483 e. The first-order chi connectivity index (χ1) is 16.8. The van der Waals surface area contributed by atoms with Gasteiger partial charge in [0.25, 0.3) is 6.47 Å². The third kappa shape index (κ3) is 4.97. The molecular formula is C23H30N8O4. The van der Waals surface area contributed by atoms with Gasteiger partial charge in [0.05, 0.1) is 7.11 Å². The number of rotatable bonds is 3. The molecular weight excluding hydrogens is 452 g/mol. The number of amides is 2. The number of urea groups is 1. The third-order valence-electron chi connectivity index (χ3n) is 6.01. The molecule has 0 saturated carbocycles. The van der Waals surface area contributed by atoms with Crippen molar-refractivity contribution in [2.75, 3.05) is 48.4 Å². The molecule has 186 valence electrons. The van der Waals surface area contributed by atoms with E-state index in [0.29, 0.717) is 29.6 Å². The molecule has 3 aromatic rings. The number of aryl methyl sites for hydroxylation is 1. The minimum atomic E-state index is -0.258. The van der Waals surface area contributed by atoms with Crippen LogP contribution in [0.1, 0.15) is 19.4 Å². The SMILES string of the molecule is COc1nc(NC(=O)N2CCc3c(N4CCNC(C)(C)C4)ccnc32)cc2cn(C)nc12.O=CO. The Labute approximate surface area is 202 Å². The Bertz CT molecular complexity index is 1240. The van der Waals surface area contributed by atoms with E-state index in [-0.39, 0.29) is 18.0 Å². The van der Waals surface area contributed by atoms with Gasteiger partial charge in [0, 0.05) is 67.8 Å². The summed E-state index contributed by atoms with van der Waals surface area (Å²) < 4.78 is 7.06. The van der Waals surface area contributed by atoms with Crippen LogP contribution in [0, 0.1) is 0 Å². The minimum Gasteiger partial charge on any atom is -0.483 e. The Morgan fingerprint density at radius 2 is 2.11 bits per heavy atom. The summed E-state index contributed by atoms with van der Waals surface area (Å²) in [6, 6.07) is 3.60. The van der Waals surface area contributed by atoms with Crippen LogP contribution in [0.2, 0.25) is 0 Å². The molecule has 0 spiro atoms. The van der Waals surface area contributed by atoms with Crippen molar-refractivity contribution in [1.82, 2.24) is 25.1 Å². The zero-order chi connectivity index (χ0) is 25.2. The van der Waals surface area contributed by atoms with Gasteiger partial charge in [-0.3, -0.25) is 19.7 Å². The maximum atomic E-state index is 13.2. The van der Waals surface area contributed by atoms with E-state index in [1.807, 2.05) is 13.2 Å². The van der Waals surface area contributed by atoms with Gasteiger partial charge < -0.3 is 20.1 Å². The summed E-state index contributed by atoms with van der Waals surface area (Å²) in [6.07, 6.45) is 4.43. The Hall–Kier alpha value is -3.93. The monoisotopic (exact) mass is 482 g/mol. The van der Waals surface area contributed by atoms with Crippen molar-refractivity contribution in [3.8, 4) is 5.88 Å². The number of hydrogen-bond acceptors (Lipinski definition) is 8. The number of carbonyl (C=O) groups is 2. The second kappa shape index (κ2) is 9.74. The van der Waals surface area contributed by atoms with Crippen molar-refractivity contribution in [3.63, 3.8) is 0 Å². The van der Waals surface area contributed by atoms with Crippen LogP contribution < -0.4 is 25.2 Å². The van der Waals surface area contributed by atoms with Crippen LogP contribution in [0.25, 0.3) is 10.9 Å². The van der Waals surface area contributed by atoms with Crippen molar-refractivity contribution in [2.45, 2.75) is 25.8 Å². The molecule has 0 atom stereocenters. The fourth-order valence-corrected chi connectivity index (χ4v) is 4.62. The number of hydrogen-bond donors (Lipinski definition) is 3. The van der Waals surface area contributed by atoms with Crippen LogP contribution in [0.5, 0.6) is 5.88 Å². The standard InChI is InChI=1S/C22H28N8O2.CH2O2/c1-22(2)13-29(10-8-24-22)16-5-7-23-19-15(16)6-9-30(19)21(31)26-17-11-14-12-28(3)27-18(14)20(25-17)32-4;2-1-3/h5,7,11-12,24H,6,8-10,13H2,1-4H3,(H,26,31);1H,(H,2,3). The van der Waals surface area contributed by atoms with Crippen molar-refractivity contribution in [2.24, 2.45) is 7.05 Å². The second-order valence-corrected chi connectivity index (χ2v) is 9.06. The number of ether oxygens (including phenoxy) is 1. The molecule has 2 aliphatic heterocycles. The molecule has 0 aromatic carbocycles. The van der Waals surface area contributed by atoms with Crippen LogP contribution >= 0.6 is 0 Å². The van der Waals surface area contributed by atoms with E-state index < -0.39 is 0 Å². The molecule has 0 unspecified atom stereocenters. The summed E-state index contributed by atoms with van der Waals surface area (Å²) >= 11 is 0. The normalized spacial score (nSPS) is 16.3. The topological polar surface area (TPSA) is 138 Å². The van der Waals surface area contributed by atoms with E-state index in [2.05, 4.69) is 50.5 Å². The first kappa shape index (κ1) is 24.2. The predicted molar refractivity (Wildman–Crippen MR) is 132 cm³/mol. The van der Waals surface area contributed by atoms with Gasteiger partial charge in [-0.1, -0.05) is 0 Å². The molecule has 12 heteroatoms. The molecule has 3 aromatic heterocycles. The number of anilines is 3. The highest BCUT2D eigenvalue weighted by Crippen LogP contribution is 2.35. The number of aromatic nitrogens is 4. The molecule has 0 aliphatic carbocycles. The van der Waals surface area contributed by atoms with E-state index in [1.54, 1.807) is 29.0 Å². The van der Waals surface area contributed by atoms with Crippen LogP contribution in [0.15, 0.2) is 24.5 Å². The van der Waals surface area contributed by atoms with Gasteiger partial charge in [-0.15, -0.1) is 0 Å². The van der Waals surface area contributed by atoms with Gasteiger partial charge in [0.15, 0.2) is 5.52 Å². The molecule has 1 saturated heterocycles. The summed E-state index contributed by atoms with van der Waals surface area (Å²) in [5, 5.41) is 18.6. The average molecular weight is 483 g/mol.